The fourth-order valence-electron chi connectivity index (χ4n) is 7.31. The first-order valence-electron chi connectivity index (χ1n) is 22.1. The second kappa shape index (κ2) is 31.0. The van der Waals surface area contributed by atoms with Gasteiger partial charge >= 0.3 is 148 Å². The topological polar surface area (TPSA) is 479 Å². The molecule has 84 heavy (non-hydrogen) atoms. The number of benzene rings is 8. The maximum Gasteiger partial charge on any atom is 1.00 e. The molecule has 0 heterocycles. The largest absolute Gasteiger partial charge is 1.00 e. The molecule has 0 spiro atoms. The van der Waals surface area contributed by atoms with Gasteiger partial charge in [-0.2, -0.15) is 20.5 Å². The molecule has 8 rings (SSSR count). The molecular formula is C48H34N13Na5O15S3. The number of hydrogen-bond donors (Lipinski definition) is 7. The van der Waals surface area contributed by atoms with Gasteiger partial charge in [-0.05, 0) is 126 Å². The maximum atomic E-state index is 12.5. The summed E-state index contributed by atoms with van der Waals surface area (Å²) in [6.45, 7) is -0.939. The predicted octanol–water partition coefficient (Wildman–Crippen LogP) is -7.97. The molecule has 0 saturated heterocycles. The predicted molar refractivity (Wildman–Crippen MR) is 277 cm³/mol. The molecule has 404 valence electrons. The number of nitrogens with one attached hydrogen (secondary N) is 3. The number of carboxylic acid groups (broad SMARTS) is 2. The summed E-state index contributed by atoms with van der Waals surface area (Å²) in [4.78, 5) is 18.7. The van der Waals surface area contributed by atoms with Crippen molar-refractivity contribution >= 4 is 143 Å². The van der Waals surface area contributed by atoms with Gasteiger partial charge in [0.1, 0.15) is 53.1 Å². The Balaban J connectivity index is 0.00000370. The van der Waals surface area contributed by atoms with Crippen LogP contribution in [0.15, 0.2) is 183 Å². The normalized spacial score (nSPS) is 11.6. The van der Waals surface area contributed by atoms with Crippen LogP contribution in [0.3, 0.4) is 0 Å². The Bertz CT molecular complexity index is 4300. The quantitative estimate of drug-likeness (QED) is 0.0171. The Morgan fingerprint density at radius 3 is 1.18 bits per heavy atom. The number of anilines is 6. The van der Waals surface area contributed by atoms with Crippen LogP contribution in [0.25, 0.3) is 21.5 Å². The standard InChI is InChI=1S/C48H39N13O15S3.5Na/c49-35-19-28(51-22-43(62)63)9-12-37(35)58-55-30-3-1-24-15-41(78(71,72)73)45(47(66)33(24)17-30)60-54-27-7-5-26(6-8-27)53-39-14-11-32(21-40(39)77(68,69)70)57-61-46-42(79(74,75)76)16-25-2-4-31(18-34(25)48(46)67)56-59-38-13-10-29(20-36(38)50)52-23-44(64)65;;;;;/h1-21,51-53,66-67H,22-23,49-50H2,(H,62,63)(H,64,65)(H,68,69,70)(H,71,72,73)(H,74,75,76);;;;;/q;5*+1/p-5. The number of phenolic OH excluding ortho intramolecular Hbond substituents is 2. The molecule has 0 saturated carbocycles. The molecule has 0 bridgehead atoms. The van der Waals surface area contributed by atoms with Crippen molar-refractivity contribution in [3.63, 3.8) is 0 Å². The molecule has 0 aliphatic rings. The van der Waals surface area contributed by atoms with Gasteiger partial charge in [-0.25, -0.2) is 25.3 Å². The minimum absolute atomic E-state index is 0. The zero-order valence-corrected chi connectivity index (χ0v) is 57.1. The number of nitrogens with zero attached hydrogens (tertiary/aromatic N) is 8. The van der Waals surface area contributed by atoms with E-state index in [0.29, 0.717) is 11.4 Å². The number of hydrogen-bond acceptors (Lipinski definition) is 28. The van der Waals surface area contributed by atoms with Gasteiger partial charge in [0.25, 0.3) is 0 Å². The molecule has 0 amide bonds. The average molecular weight is 1240 g/mol. The second-order valence-corrected chi connectivity index (χ2v) is 20.5. The summed E-state index contributed by atoms with van der Waals surface area (Å²) in [5.41, 5.74) is 11.6. The third kappa shape index (κ3) is 18.7. The number of rotatable bonds is 19. The van der Waals surface area contributed by atoms with Gasteiger partial charge in [-0.3, -0.25) is 0 Å². The zero-order chi connectivity index (χ0) is 57.0. The first-order chi connectivity index (χ1) is 37.3. The Hall–Kier alpha value is -5.05. The van der Waals surface area contributed by atoms with E-state index in [1.54, 1.807) is 0 Å². The monoisotopic (exact) mass is 1240 g/mol. The molecule has 0 fully saturated rings. The van der Waals surface area contributed by atoms with E-state index in [1.807, 2.05) is 0 Å². The van der Waals surface area contributed by atoms with E-state index < -0.39 is 92.9 Å². The number of carboxylic acids is 2. The summed E-state index contributed by atoms with van der Waals surface area (Å²) >= 11 is 0. The van der Waals surface area contributed by atoms with Crippen molar-refractivity contribution in [2.45, 2.75) is 14.7 Å². The van der Waals surface area contributed by atoms with Gasteiger partial charge in [-0.15, -0.1) is 20.5 Å². The van der Waals surface area contributed by atoms with Crippen molar-refractivity contribution in [1.29, 1.82) is 0 Å². The van der Waals surface area contributed by atoms with Crippen LogP contribution in [0.2, 0.25) is 0 Å². The molecule has 9 N–H and O–H groups in total. The van der Waals surface area contributed by atoms with Crippen molar-refractivity contribution < 1.29 is 217 Å². The Kier molecular flexibility index (Phi) is 27.0. The van der Waals surface area contributed by atoms with E-state index in [1.165, 1.54) is 97.1 Å². The summed E-state index contributed by atoms with van der Waals surface area (Å²) < 4.78 is 112. The van der Waals surface area contributed by atoms with Gasteiger partial charge in [0.05, 0.1) is 79.5 Å². The van der Waals surface area contributed by atoms with Gasteiger partial charge in [0, 0.05) is 27.8 Å². The first kappa shape index (κ1) is 73.2. The summed E-state index contributed by atoms with van der Waals surface area (Å²) in [6, 6.07) is 27.0. The number of aliphatic carboxylic acids is 2. The third-order valence-corrected chi connectivity index (χ3v) is 13.6. The minimum Gasteiger partial charge on any atom is -0.744 e. The van der Waals surface area contributed by atoms with Crippen LogP contribution in [0.1, 0.15) is 0 Å². The van der Waals surface area contributed by atoms with E-state index in [-0.39, 0.29) is 226 Å². The van der Waals surface area contributed by atoms with E-state index in [2.05, 4.69) is 56.9 Å². The zero-order valence-electron chi connectivity index (χ0n) is 44.7. The second-order valence-electron chi connectivity index (χ2n) is 16.5. The van der Waals surface area contributed by atoms with Crippen LogP contribution < -0.4 is 185 Å². The average Bonchev–Trinajstić information content (AvgIpc) is 2.37. The SMILES string of the molecule is Nc1cc(NCC(=O)[O-])ccc1N=Nc1ccc2cc(S(=O)(=O)[O-])c(N=Nc3ccc(Nc4ccc(N=Nc5c(S(=O)(=O)[O-])cc6ccc(N=Nc7ccc(NCC(=O)[O-])cc7N)cc6c5O)cc4S(=O)(=O)[O-])cc3)c(O)c2c1.[Na+].[Na+].[Na+].[Na+].[Na+]. The molecule has 0 radical (unpaired) electrons. The van der Waals surface area contributed by atoms with Crippen molar-refractivity contribution in [3.05, 3.63) is 127 Å². The molecule has 8 aromatic rings. The van der Waals surface area contributed by atoms with Crippen molar-refractivity contribution in [1.82, 2.24) is 0 Å². The van der Waals surface area contributed by atoms with Crippen molar-refractivity contribution in [3.8, 4) is 11.5 Å². The molecule has 0 aliphatic carbocycles. The first-order valence-corrected chi connectivity index (χ1v) is 26.3. The minimum atomic E-state index is -5.35. The van der Waals surface area contributed by atoms with Gasteiger partial charge in [0.2, 0.25) is 0 Å². The number of carbonyl (C=O) groups excluding carboxylic acids is 2. The number of carbonyl (C=O) groups is 2. The molecule has 28 nitrogen and oxygen atoms in total. The molecule has 36 heteroatoms. The molecular weight excluding hydrogens is 1210 g/mol. The van der Waals surface area contributed by atoms with Gasteiger partial charge < -0.3 is 71.1 Å². The van der Waals surface area contributed by atoms with Crippen LogP contribution in [0.4, 0.5) is 79.6 Å². The van der Waals surface area contributed by atoms with Crippen LogP contribution >= 0.6 is 0 Å². The number of azo groups is 4. The summed E-state index contributed by atoms with van der Waals surface area (Å²) in [5.74, 6) is -4.30. The van der Waals surface area contributed by atoms with Crippen LogP contribution in [-0.4, -0.2) is 74.2 Å². The third-order valence-electron chi connectivity index (χ3n) is 11.0. The van der Waals surface area contributed by atoms with Crippen molar-refractivity contribution in [2.75, 3.05) is 40.5 Å². The van der Waals surface area contributed by atoms with Gasteiger partial charge in [-0.1, -0.05) is 12.1 Å². The van der Waals surface area contributed by atoms with Crippen LogP contribution in [0.5, 0.6) is 11.5 Å². The fraction of sp³-hybridized carbons (Fsp3) is 0.0417. The number of nitrogens with two attached hydrogens (primary N) is 2. The van der Waals surface area contributed by atoms with Crippen LogP contribution in [0, 0.1) is 0 Å². The summed E-state index contributed by atoms with van der Waals surface area (Å²) in [5, 5.41) is 83.9. The fourth-order valence-corrected chi connectivity index (χ4v) is 9.25. The summed E-state index contributed by atoms with van der Waals surface area (Å²) in [6.07, 6.45) is 0. The number of fused-ring (bicyclic) bond motifs is 2. The maximum absolute atomic E-state index is 12.5. The summed E-state index contributed by atoms with van der Waals surface area (Å²) in [7, 11) is -15.9. The number of phenols is 2. The van der Waals surface area contributed by atoms with E-state index in [9.17, 15) is 68.9 Å². The Morgan fingerprint density at radius 2 is 0.786 bits per heavy atom. The van der Waals surface area contributed by atoms with Crippen molar-refractivity contribution in [2.24, 2.45) is 40.9 Å². The van der Waals surface area contributed by atoms with E-state index >= 15 is 0 Å². The molecule has 0 unspecified atom stereocenters. The van der Waals surface area contributed by atoms with Gasteiger partial charge in [0.15, 0.2) is 11.5 Å². The molecule has 0 aromatic heterocycles. The molecule has 0 aliphatic heterocycles. The van der Waals surface area contributed by atoms with Crippen LogP contribution in [-0.2, 0) is 39.9 Å². The molecule has 0 atom stereocenters. The van der Waals surface area contributed by atoms with E-state index in [4.69, 9.17) is 11.5 Å². The van der Waals surface area contributed by atoms with E-state index in [0.717, 1.165) is 30.3 Å². The Morgan fingerprint density at radius 1 is 0.429 bits per heavy atom. The number of aromatic hydroxyl groups is 2. The molecule has 8 aromatic carbocycles. The smallest absolute Gasteiger partial charge is 0.744 e. The Labute approximate surface area is 587 Å². The number of nitrogen functional groups attached to an aromatic ring is 2.